The number of hydroxylamine groups is 3. The molecule has 76 valence electrons. The Labute approximate surface area is 85.7 Å². The van der Waals surface area contributed by atoms with Crippen molar-refractivity contribution >= 4 is 0 Å². The number of rotatable bonds is 2. The summed E-state index contributed by atoms with van der Waals surface area (Å²) in [5, 5.41) is 0. The lowest BCUT2D eigenvalue weighted by Gasteiger charge is -2.34. The molecule has 2 heteroatoms. The van der Waals surface area contributed by atoms with E-state index in [4.69, 9.17) is 4.84 Å². The van der Waals surface area contributed by atoms with Crippen molar-refractivity contribution in [3.05, 3.63) is 30.3 Å². The third kappa shape index (κ3) is 2.26. The van der Waals surface area contributed by atoms with E-state index in [0.717, 1.165) is 23.5 Å². The number of nitrogens with zero attached hydrogens (tertiary/aromatic N) is 1. The molecule has 0 unspecified atom stereocenters. The molecule has 1 aliphatic rings. The standard InChI is InChI=1S/C12H18NO/c1-13(10-6-3-7-11-13)14-12-8-4-2-5-9-12/h2,4-5,8-9H,3,6-7,10-11H2,1H3/q+1. The molecular weight excluding hydrogens is 174 g/mol. The summed E-state index contributed by atoms with van der Waals surface area (Å²) in [6.07, 6.45) is 3.92. The molecule has 0 bridgehead atoms. The lowest BCUT2D eigenvalue weighted by Crippen LogP contribution is -2.50. The number of hydrogen-bond donors (Lipinski definition) is 0. The molecule has 1 aliphatic heterocycles. The minimum atomic E-state index is 0.740. The van der Waals surface area contributed by atoms with Gasteiger partial charge >= 0.3 is 0 Å². The van der Waals surface area contributed by atoms with Gasteiger partial charge in [0.15, 0.2) is 5.75 Å². The van der Waals surface area contributed by atoms with Gasteiger partial charge in [-0.25, -0.2) is 0 Å². The SMILES string of the molecule is C[N+]1(Oc2ccccc2)CCCCC1. The number of hydrogen-bond acceptors (Lipinski definition) is 1. The molecule has 1 aromatic rings. The van der Waals surface area contributed by atoms with Gasteiger partial charge in [0.25, 0.3) is 0 Å². The largest absolute Gasteiger partial charge is 0.316 e. The van der Waals surface area contributed by atoms with Crippen LogP contribution in [0.3, 0.4) is 0 Å². The Morgan fingerprint density at radius 1 is 1.00 bits per heavy atom. The maximum Gasteiger partial charge on any atom is 0.190 e. The van der Waals surface area contributed by atoms with E-state index in [-0.39, 0.29) is 0 Å². The van der Waals surface area contributed by atoms with Crippen LogP contribution in [-0.4, -0.2) is 24.8 Å². The quantitative estimate of drug-likeness (QED) is 0.654. The monoisotopic (exact) mass is 192 g/mol. The van der Waals surface area contributed by atoms with Crippen LogP contribution in [0.2, 0.25) is 0 Å². The lowest BCUT2D eigenvalue weighted by molar-refractivity contribution is -1.07. The molecule has 1 saturated heterocycles. The van der Waals surface area contributed by atoms with Crippen LogP contribution in [-0.2, 0) is 0 Å². The summed E-state index contributed by atoms with van der Waals surface area (Å²) in [6, 6.07) is 10.1. The van der Waals surface area contributed by atoms with Crippen LogP contribution < -0.4 is 4.84 Å². The Balaban J connectivity index is 2.02. The second-order valence-electron chi connectivity index (χ2n) is 4.21. The van der Waals surface area contributed by atoms with Crippen molar-refractivity contribution in [2.24, 2.45) is 0 Å². The van der Waals surface area contributed by atoms with E-state index in [1.165, 1.54) is 19.3 Å². The minimum Gasteiger partial charge on any atom is -0.316 e. The van der Waals surface area contributed by atoms with Gasteiger partial charge in [0.05, 0.1) is 0 Å². The number of para-hydroxylation sites is 1. The van der Waals surface area contributed by atoms with Crippen LogP contribution >= 0.6 is 0 Å². The molecule has 0 amide bonds. The number of likely N-dealkylation sites (tertiary alicyclic amines) is 1. The molecule has 1 aromatic carbocycles. The van der Waals surface area contributed by atoms with Crippen molar-refractivity contribution in [1.29, 1.82) is 0 Å². The van der Waals surface area contributed by atoms with Crippen LogP contribution in [0.5, 0.6) is 5.75 Å². The van der Waals surface area contributed by atoms with E-state index in [9.17, 15) is 0 Å². The van der Waals surface area contributed by atoms with Gasteiger partial charge in [0.2, 0.25) is 0 Å². The molecule has 1 heterocycles. The van der Waals surface area contributed by atoms with Crippen molar-refractivity contribution in [1.82, 2.24) is 0 Å². The molecule has 14 heavy (non-hydrogen) atoms. The first-order valence-corrected chi connectivity index (χ1v) is 5.38. The van der Waals surface area contributed by atoms with E-state index in [2.05, 4.69) is 7.05 Å². The number of benzene rings is 1. The van der Waals surface area contributed by atoms with E-state index >= 15 is 0 Å². The third-order valence-electron chi connectivity index (χ3n) is 2.83. The minimum absolute atomic E-state index is 0.740. The first kappa shape index (κ1) is 9.53. The zero-order valence-corrected chi connectivity index (χ0v) is 8.78. The molecule has 0 atom stereocenters. The highest BCUT2D eigenvalue weighted by Crippen LogP contribution is 2.20. The highest BCUT2D eigenvalue weighted by molar-refractivity contribution is 5.20. The molecule has 2 rings (SSSR count). The second-order valence-corrected chi connectivity index (χ2v) is 4.21. The molecule has 0 N–H and O–H groups in total. The molecule has 1 fully saturated rings. The van der Waals surface area contributed by atoms with Crippen molar-refractivity contribution < 1.29 is 9.48 Å². The Kier molecular flexibility index (Phi) is 2.73. The summed E-state index contributed by atoms with van der Waals surface area (Å²) >= 11 is 0. The maximum atomic E-state index is 5.98. The zero-order chi connectivity index (χ0) is 9.86. The van der Waals surface area contributed by atoms with Crippen LogP contribution in [0.15, 0.2) is 30.3 Å². The maximum absolute atomic E-state index is 5.98. The van der Waals surface area contributed by atoms with Crippen LogP contribution in [0, 0.1) is 0 Å². The predicted molar refractivity (Wildman–Crippen MR) is 56.8 cm³/mol. The Morgan fingerprint density at radius 3 is 2.29 bits per heavy atom. The summed E-state index contributed by atoms with van der Waals surface area (Å²) in [5.41, 5.74) is 0. The fourth-order valence-electron chi connectivity index (χ4n) is 2.01. The fraction of sp³-hybridized carbons (Fsp3) is 0.500. The van der Waals surface area contributed by atoms with E-state index in [1.54, 1.807) is 0 Å². The summed E-state index contributed by atoms with van der Waals surface area (Å²) in [4.78, 5) is 5.98. The summed E-state index contributed by atoms with van der Waals surface area (Å²) in [7, 11) is 2.17. The molecule has 0 aromatic heterocycles. The van der Waals surface area contributed by atoms with Gasteiger partial charge in [-0.05, 0) is 18.6 Å². The van der Waals surface area contributed by atoms with Gasteiger partial charge in [-0.2, -0.15) is 0 Å². The van der Waals surface area contributed by atoms with E-state index in [0.29, 0.717) is 0 Å². The van der Waals surface area contributed by atoms with Crippen LogP contribution in [0.4, 0.5) is 0 Å². The predicted octanol–water partition coefficient (Wildman–Crippen LogP) is 2.61. The Bertz CT molecular complexity index is 278. The summed E-state index contributed by atoms with van der Waals surface area (Å²) in [6.45, 7) is 2.27. The molecular formula is C12H18NO+. The molecule has 2 nitrogen and oxygen atoms in total. The van der Waals surface area contributed by atoms with Gasteiger partial charge in [-0.1, -0.05) is 18.2 Å². The summed E-state index contributed by atoms with van der Waals surface area (Å²) < 4.78 is 0.740. The average molecular weight is 192 g/mol. The van der Waals surface area contributed by atoms with Crippen molar-refractivity contribution in [3.63, 3.8) is 0 Å². The number of quaternary nitrogens is 1. The molecule has 0 spiro atoms. The normalized spacial score (nSPS) is 20.4. The van der Waals surface area contributed by atoms with Crippen LogP contribution in [0.25, 0.3) is 0 Å². The zero-order valence-electron chi connectivity index (χ0n) is 8.78. The topological polar surface area (TPSA) is 9.23 Å². The number of piperidine rings is 1. The van der Waals surface area contributed by atoms with Crippen LogP contribution in [0.1, 0.15) is 19.3 Å². The molecule has 0 saturated carbocycles. The first-order chi connectivity index (χ1) is 6.79. The summed E-state index contributed by atoms with van der Waals surface area (Å²) in [5.74, 6) is 0.983. The van der Waals surface area contributed by atoms with E-state index < -0.39 is 0 Å². The second kappa shape index (κ2) is 4.01. The fourth-order valence-corrected chi connectivity index (χ4v) is 2.01. The van der Waals surface area contributed by atoms with E-state index in [1.807, 2.05) is 30.3 Å². The van der Waals surface area contributed by atoms with Gasteiger partial charge in [-0.15, -0.1) is 4.65 Å². The Hall–Kier alpha value is -1.02. The Morgan fingerprint density at radius 2 is 1.64 bits per heavy atom. The van der Waals surface area contributed by atoms with Gasteiger partial charge in [0, 0.05) is 12.8 Å². The molecule has 0 radical (unpaired) electrons. The smallest absolute Gasteiger partial charge is 0.190 e. The molecule has 0 aliphatic carbocycles. The van der Waals surface area contributed by atoms with Gasteiger partial charge in [-0.3, -0.25) is 0 Å². The average Bonchev–Trinajstić information content (AvgIpc) is 2.19. The first-order valence-electron chi connectivity index (χ1n) is 5.38. The highest BCUT2D eigenvalue weighted by atomic mass is 16.7. The highest BCUT2D eigenvalue weighted by Gasteiger charge is 2.27. The third-order valence-corrected chi connectivity index (χ3v) is 2.83. The van der Waals surface area contributed by atoms with Crippen molar-refractivity contribution in [2.75, 3.05) is 20.1 Å². The van der Waals surface area contributed by atoms with Crippen molar-refractivity contribution in [3.8, 4) is 5.75 Å². The van der Waals surface area contributed by atoms with Crippen molar-refractivity contribution in [2.45, 2.75) is 19.3 Å². The van der Waals surface area contributed by atoms with Gasteiger partial charge < -0.3 is 4.84 Å². The lowest BCUT2D eigenvalue weighted by atomic mass is 10.1. The van der Waals surface area contributed by atoms with Gasteiger partial charge in [0.1, 0.15) is 20.1 Å².